The Balaban J connectivity index is 1.06. The molecule has 234 valence electrons. The Labute approximate surface area is 289 Å². The standard InChI is InChI=1S/C47H31N3/c1-47(2)39-10-4-3-9-35(39)36-20-18-33(26-40(36)47)31-15-13-30-25-32(16-14-29(30)24-31)34-19-21-37-43(27-34)50-42-12-6-5-11-41(42)49-46(50)38-22-17-28-8-7-23-48-45(28)44(37)38/h3-27H,1-2H3. The van der Waals surface area contributed by atoms with Gasteiger partial charge in [0.05, 0.1) is 22.1 Å². The molecule has 0 amide bonds. The van der Waals surface area contributed by atoms with Crippen molar-refractivity contribution in [1.82, 2.24) is 14.4 Å². The number of benzene rings is 7. The van der Waals surface area contributed by atoms with Gasteiger partial charge >= 0.3 is 0 Å². The number of fused-ring (bicyclic) bond motifs is 14. The Hall–Kier alpha value is -6.32. The molecule has 3 heteroatoms. The zero-order valence-corrected chi connectivity index (χ0v) is 27.8. The third-order valence-electron chi connectivity index (χ3n) is 11.2. The molecule has 3 heterocycles. The van der Waals surface area contributed by atoms with Crippen LogP contribution in [0.5, 0.6) is 0 Å². The zero-order chi connectivity index (χ0) is 33.1. The number of aromatic nitrogens is 3. The number of imidazole rings is 1. The fourth-order valence-electron chi connectivity index (χ4n) is 8.65. The van der Waals surface area contributed by atoms with Gasteiger partial charge in [0.2, 0.25) is 0 Å². The second kappa shape index (κ2) is 9.87. The van der Waals surface area contributed by atoms with Gasteiger partial charge < -0.3 is 0 Å². The fraction of sp³-hybridized carbons (Fsp3) is 0.0638. The molecule has 0 fully saturated rings. The van der Waals surface area contributed by atoms with Gasteiger partial charge in [-0.15, -0.1) is 0 Å². The summed E-state index contributed by atoms with van der Waals surface area (Å²) in [5.41, 5.74) is 15.6. The summed E-state index contributed by atoms with van der Waals surface area (Å²) in [6.07, 6.45) is 1.89. The predicted octanol–water partition coefficient (Wildman–Crippen LogP) is 12.1. The first-order valence-electron chi connectivity index (χ1n) is 17.3. The Bertz CT molecular complexity index is 3070. The lowest BCUT2D eigenvalue weighted by Crippen LogP contribution is -2.14. The third kappa shape index (κ3) is 3.75. The van der Waals surface area contributed by atoms with E-state index in [2.05, 4.69) is 158 Å². The van der Waals surface area contributed by atoms with E-state index in [1.807, 2.05) is 12.3 Å². The van der Waals surface area contributed by atoms with E-state index in [0.717, 1.165) is 43.9 Å². The van der Waals surface area contributed by atoms with Gasteiger partial charge in [0.1, 0.15) is 5.65 Å². The van der Waals surface area contributed by atoms with Crippen LogP contribution in [0.4, 0.5) is 0 Å². The minimum atomic E-state index is -0.0159. The molecule has 0 aliphatic heterocycles. The maximum absolute atomic E-state index is 5.15. The molecule has 0 bridgehead atoms. The van der Waals surface area contributed by atoms with E-state index in [4.69, 9.17) is 9.97 Å². The van der Waals surface area contributed by atoms with Crippen LogP contribution in [0.3, 0.4) is 0 Å². The highest BCUT2D eigenvalue weighted by Gasteiger charge is 2.35. The van der Waals surface area contributed by atoms with Crippen molar-refractivity contribution >= 4 is 60.0 Å². The smallest absolute Gasteiger partial charge is 0.146 e. The van der Waals surface area contributed by atoms with Crippen molar-refractivity contribution in [1.29, 1.82) is 0 Å². The molecule has 0 unspecified atom stereocenters. The number of hydrogen-bond donors (Lipinski definition) is 0. The van der Waals surface area contributed by atoms with Crippen LogP contribution in [0, 0.1) is 0 Å². The molecular weight excluding hydrogens is 607 g/mol. The van der Waals surface area contributed by atoms with Crippen LogP contribution in [0.25, 0.3) is 93.4 Å². The first-order valence-corrected chi connectivity index (χ1v) is 17.3. The van der Waals surface area contributed by atoms with Gasteiger partial charge in [-0.05, 0) is 104 Å². The summed E-state index contributed by atoms with van der Waals surface area (Å²) in [4.78, 5) is 10.0. The van der Waals surface area contributed by atoms with Crippen LogP contribution >= 0.6 is 0 Å². The summed E-state index contributed by atoms with van der Waals surface area (Å²) < 4.78 is 2.33. The molecule has 0 atom stereocenters. The lowest BCUT2D eigenvalue weighted by Gasteiger charge is -2.22. The Morgan fingerprint density at radius 1 is 0.500 bits per heavy atom. The maximum Gasteiger partial charge on any atom is 0.146 e. The molecule has 0 spiro atoms. The Kier molecular flexibility index (Phi) is 5.45. The van der Waals surface area contributed by atoms with Gasteiger partial charge in [-0.3, -0.25) is 9.38 Å². The van der Waals surface area contributed by atoms with E-state index < -0.39 is 0 Å². The van der Waals surface area contributed by atoms with Crippen LogP contribution in [0.2, 0.25) is 0 Å². The molecule has 11 rings (SSSR count). The highest BCUT2D eigenvalue weighted by molar-refractivity contribution is 6.23. The van der Waals surface area contributed by atoms with Gasteiger partial charge in [0.15, 0.2) is 0 Å². The number of para-hydroxylation sites is 2. The third-order valence-corrected chi connectivity index (χ3v) is 11.2. The van der Waals surface area contributed by atoms with E-state index >= 15 is 0 Å². The zero-order valence-electron chi connectivity index (χ0n) is 27.8. The molecule has 1 aliphatic carbocycles. The lowest BCUT2D eigenvalue weighted by molar-refractivity contribution is 0.660. The predicted molar refractivity (Wildman–Crippen MR) is 209 cm³/mol. The second-order valence-corrected chi connectivity index (χ2v) is 14.3. The summed E-state index contributed by atoms with van der Waals surface area (Å²) in [7, 11) is 0. The first-order chi connectivity index (χ1) is 24.5. The number of pyridine rings is 2. The molecule has 3 nitrogen and oxygen atoms in total. The quantitative estimate of drug-likeness (QED) is 0.177. The number of nitrogens with zero attached hydrogens (tertiary/aromatic N) is 3. The summed E-state index contributed by atoms with van der Waals surface area (Å²) >= 11 is 0. The molecule has 1 aliphatic rings. The first kappa shape index (κ1) is 27.6. The van der Waals surface area contributed by atoms with Crippen LogP contribution in [0.1, 0.15) is 25.0 Å². The van der Waals surface area contributed by atoms with Gasteiger partial charge in [0.25, 0.3) is 0 Å². The van der Waals surface area contributed by atoms with Crippen molar-refractivity contribution in [2.75, 3.05) is 0 Å². The largest absolute Gasteiger partial charge is 0.292 e. The van der Waals surface area contributed by atoms with Crippen LogP contribution in [0.15, 0.2) is 152 Å². The minimum Gasteiger partial charge on any atom is -0.292 e. The summed E-state index contributed by atoms with van der Waals surface area (Å²) in [6.45, 7) is 4.69. The molecule has 10 aromatic rings. The van der Waals surface area contributed by atoms with E-state index in [0.29, 0.717) is 0 Å². The van der Waals surface area contributed by atoms with E-state index in [9.17, 15) is 0 Å². The van der Waals surface area contributed by atoms with Crippen molar-refractivity contribution in [3.63, 3.8) is 0 Å². The van der Waals surface area contributed by atoms with Gasteiger partial charge in [-0.1, -0.05) is 111 Å². The maximum atomic E-state index is 5.15. The normalized spacial score (nSPS) is 13.6. The molecule has 0 radical (unpaired) electrons. The van der Waals surface area contributed by atoms with E-state index in [1.54, 1.807) is 0 Å². The molecule has 0 saturated heterocycles. The van der Waals surface area contributed by atoms with Crippen LogP contribution < -0.4 is 0 Å². The lowest BCUT2D eigenvalue weighted by atomic mass is 9.81. The average Bonchev–Trinajstić information content (AvgIpc) is 3.67. The van der Waals surface area contributed by atoms with Crippen molar-refractivity contribution < 1.29 is 0 Å². The van der Waals surface area contributed by atoms with Crippen molar-refractivity contribution in [3.8, 4) is 33.4 Å². The van der Waals surface area contributed by atoms with E-state index in [-0.39, 0.29) is 5.41 Å². The van der Waals surface area contributed by atoms with Crippen molar-refractivity contribution in [3.05, 3.63) is 163 Å². The summed E-state index contributed by atoms with van der Waals surface area (Å²) in [6, 6.07) is 53.4. The van der Waals surface area contributed by atoms with Crippen LogP contribution in [-0.4, -0.2) is 14.4 Å². The molecule has 50 heavy (non-hydrogen) atoms. The second-order valence-electron chi connectivity index (χ2n) is 14.3. The average molecular weight is 638 g/mol. The van der Waals surface area contributed by atoms with Gasteiger partial charge in [0, 0.05) is 33.2 Å². The summed E-state index contributed by atoms with van der Waals surface area (Å²) in [5, 5.41) is 7.04. The molecule has 0 N–H and O–H groups in total. The minimum absolute atomic E-state index is 0.0159. The molecule has 0 saturated carbocycles. The van der Waals surface area contributed by atoms with Gasteiger partial charge in [-0.25, -0.2) is 4.98 Å². The summed E-state index contributed by atoms with van der Waals surface area (Å²) in [5.74, 6) is 0. The highest BCUT2D eigenvalue weighted by Crippen LogP contribution is 2.49. The Morgan fingerprint density at radius 2 is 1.16 bits per heavy atom. The monoisotopic (exact) mass is 637 g/mol. The molecular formula is C47H31N3. The highest BCUT2D eigenvalue weighted by atomic mass is 15.0. The topological polar surface area (TPSA) is 30.2 Å². The Morgan fingerprint density at radius 3 is 2.02 bits per heavy atom. The molecule has 7 aromatic carbocycles. The molecule has 3 aromatic heterocycles. The van der Waals surface area contributed by atoms with E-state index in [1.165, 1.54) is 60.7 Å². The van der Waals surface area contributed by atoms with Gasteiger partial charge in [-0.2, -0.15) is 0 Å². The number of rotatable bonds is 2. The van der Waals surface area contributed by atoms with Crippen molar-refractivity contribution in [2.24, 2.45) is 0 Å². The number of hydrogen-bond acceptors (Lipinski definition) is 2. The van der Waals surface area contributed by atoms with Crippen molar-refractivity contribution in [2.45, 2.75) is 19.3 Å². The fourth-order valence-corrected chi connectivity index (χ4v) is 8.65. The van der Waals surface area contributed by atoms with Crippen LogP contribution in [-0.2, 0) is 5.41 Å². The SMILES string of the molecule is CC1(C)c2ccccc2-c2ccc(-c3ccc4cc(-c5ccc6c7c(ccc8cccnc87)c7nc8ccccc8n7c6c5)ccc4c3)cc21.